The fraction of sp³-hybridized carbons (Fsp3) is 0.0952. The highest BCUT2D eigenvalue weighted by Gasteiger charge is 2.24. The highest BCUT2D eigenvalue weighted by molar-refractivity contribution is 8.01. The first kappa shape index (κ1) is 23.2. The van der Waals surface area contributed by atoms with Gasteiger partial charge in [0.05, 0.1) is 10.8 Å². The molecule has 2 heterocycles. The summed E-state index contributed by atoms with van der Waals surface area (Å²) in [5.41, 5.74) is 1.79. The molecular weight excluding hydrogens is 505 g/mol. The third kappa shape index (κ3) is 5.72. The number of aryl methyl sites for hydroxylation is 1. The van der Waals surface area contributed by atoms with Gasteiger partial charge in [0.1, 0.15) is 17.0 Å². The molecule has 0 saturated heterocycles. The molecule has 0 unspecified atom stereocenters. The largest absolute Gasteiger partial charge is 0.360 e. The van der Waals surface area contributed by atoms with Gasteiger partial charge >= 0.3 is 0 Å². The molecule has 2 aromatic heterocycles. The Labute approximate surface area is 206 Å². The summed E-state index contributed by atoms with van der Waals surface area (Å²) in [5, 5.41) is 18.7. The Balaban J connectivity index is 1.39. The van der Waals surface area contributed by atoms with E-state index in [1.807, 2.05) is 0 Å². The van der Waals surface area contributed by atoms with Crippen molar-refractivity contribution in [2.24, 2.45) is 0 Å². The van der Waals surface area contributed by atoms with Crippen molar-refractivity contribution in [3.05, 3.63) is 69.9 Å². The quantitative estimate of drug-likeness (QED) is 0.234. The second-order valence-corrected chi connectivity index (χ2v) is 9.66. The molecule has 12 heteroatoms. The molecule has 0 aliphatic carbocycles. The number of anilines is 2. The van der Waals surface area contributed by atoms with Gasteiger partial charge in [-0.1, -0.05) is 75.7 Å². The highest BCUT2D eigenvalue weighted by atomic mass is 35.5. The van der Waals surface area contributed by atoms with Crippen molar-refractivity contribution < 1.29 is 14.1 Å². The van der Waals surface area contributed by atoms with Gasteiger partial charge in [0, 0.05) is 16.3 Å². The van der Waals surface area contributed by atoms with E-state index in [9.17, 15) is 9.59 Å². The lowest BCUT2D eigenvalue weighted by atomic mass is 10.1. The van der Waals surface area contributed by atoms with Gasteiger partial charge in [0.25, 0.3) is 5.91 Å². The van der Waals surface area contributed by atoms with Crippen LogP contribution in [0.25, 0.3) is 11.3 Å². The highest BCUT2D eigenvalue weighted by Crippen LogP contribution is 2.32. The van der Waals surface area contributed by atoms with Gasteiger partial charge in [0.2, 0.25) is 11.0 Å². The lowest BCUT2D eigenvalue weighted by Gasteiger charge is -2.04. The number of nitrogens with one attached hydrogen (secondary N) is 2. The van der Waals surface area contributed by atoms with Gasteiger partial charge < -0.3 is 9.84 Å². The fourth-order valence-corrected chi connectivity index (χ4v) is 4.81. The molecule has 0 saturated carbocycles. The number of aromatic nitrogens is 3. The molecule has 2 N–H and O–H groups in total. The fourth-order valence-electron chi connectivity index (χ4n) is 2.85. The Morgan fingerprint density at radius 3 is 2.70 bits per heavy atom. The maximum Gasteiger partial charge on any atom is 0.263 e. The first-order chi connectivity index (χ1) is 15.9. The minimum absolute atomic E-state index is 0.122. The molecule has 4 aromatic rings. The van der Waals surface area contributed by atoms with Crippen molar-refractivity contribution in [2.45, 2.75) is 11.3 Å². The van der Waals surface area contributed by atoms with Crippen LogP contribution in [0.2, 0.25) is 10.0 Å². The zero-order valence-electron chi connectivity index (χ0n) is 17.0. The lowest BCUT2D eigenvalue weighted by molar-refractivity contribution is -0.113. The zero-order valence-corrected chi connectivity index (χ0v) is 20.1. The van der Waals surface area contributed by atoms with E-state index >= 15 is 0 Å². The first-order valence-electron chi connectivity index (χ1n) is 9.45. The summed E-state index contributed by atoms with van der Waals surface area (Å²) >= 11 is 14.5. The maximum absolute atomic E-state index is 12.9. The summed E-state index contributed by atoms with van der Waals surface area (Å²) in [6.45, 7) is 1.64. The Kier molecular flexibility index (Phi) is 7.29. The number of halogens is 2. The van der Waals surface area contributed by atoms with Crippen LogP contribution in [0.1, 0.15) is 16.1 Å². The van der Waals surface area contributed by atoms with Crippen molar-refractivity contribution in [1.29, 1.82) is 0 Å². The Morgan fingerprint density at radius 2 is 1.91 bits per heavy atom. The number of benzene rings is 2. The van der Waals surface area contributed by atoms with Crippen molar-refractivity contribution >= 4 is 68.9 Å². The number of carbonyl (C=O) groups is 2. The summed E-state index contributed by atoms with van der Waals surface area (Å²) in [4.78, 5) is 25.1. The number of hydrogen-bond donors (Lipinski definition) is 2. The molecule has 168 valence electrons. The number of nitrogens with zero attached hydrogens (tertiary/aromatic N) is 3. The van der Waals surface area contributed by atoms with Crippen LogP contribution in [0, 0.1) is 6.92 Å². The number of thioether (sulfide) groups is 1. The molecule has 2 amide bonds. The average molecular weight is 520 g/mol. The molecule has 0 aliphatic rings. The zero-order chi connectivity index (χ0) is 23.4. The molecule has 0 fully saturated rings. The van der Waals surface area contributed by atoms with Crippen LogP contribution >= 0.6 is 46.3 Å². The van der Waals surface area contributed by atoms with Crippen molar-refractivity contribution in [1.82, 2.24) is 15.4 Å². The molecule has 0 atom stereocenters. The van der Waals surface area contributed by atoms with Gasteiger partial charge in [-0.15, -0.1) is 10.2 Å². The minimum atomic E-state index is -0.449. The smallest absolute Gasteiger partial charge is 0.263 e. The van der Waals surface area contributed by atoms with Gasteiger partial charge in [-0.25, -0.2) is 0 Å². The number of rotatable bonds is 7. The van der Waals surface area contributed by atoms with E-state index in [0.717, 1.165) is 11.3 Å². The van der Waals surface area contributed by atoms with E-state index in [4.69, 9.17) is 27.7 Å². The molecule has 2 aromatic carbocycles. The first-order valence-corrected chi connectivity index (χ1v) is 12.0. The standard InChI is InChI=1S/C21H15Cl2N5O3S2/c1-11-17(18(28-31-11)14-7-2-3-8-15(14)23)19(30)25-20-26-27-21(33-20)32-10-16(29)24-13-6-4-5-12(22)9-13/h2-9H,10H2,1H3,(H,24,29)(H,25,26,30). The van der Waals surface area contributed by atoms with E-state index in [1.165, 1.54) is 11.8 Å². The average Bonchev–Trinajstić information content (AvgIpc) is 3.39. The molecule has 4 rings (SSSR count). The van der Waals surface area contributed by atoms with E-state index in [2.05, 4.69) is 26.0 Å². The Hall–Kier alpha value is -2.92. The van der Waals surface area contributed by atoms with Crippen LogP contribution in [-0.2, 0) is 4.79 Å². The molecule has 0 bridgehead atoms. The summed E-state index contributed by atoms with van der Waals surface area (Å²) < 4.78 is 5.76. The Bertz CT molecular complexity index is 1320. The third-order valence-corrected chi connectivity index (χ3v) is 6.82. The Morgan fingerprint density at radius 1 is 1.09 bits per heavy atom. The van der Waals surface area contributed by atoms with Crippen molar-refractivity contribution in [2.75, 3.05) is 16.4 Å². The SMILES string of the molecule is Cc1onc(-c2ccccc2Cl)c1C(=O)Nc1nnc(SCC(=O)Nc2cccc(Cl)c2)s1. The molecule has 8 nitrogen and oxygen atoms in total. The van der Waals surface area contributed by atoms with Gasteiger partial charge in [-0.05, 0) is 31.2 Å². The summed E-state index contributed by atoms with van der Waals surface area (Å²) in [6, 6.07) is 13.9. The van der Waals surface area contributed by atoms with Crippen LogP contribution in [0.15, 0.2) is 57.4 Å². The summed E-state index contributed by atoms with van der Waals surface area (Å²) in [5.74, 6) is -0.196. The maximum atomic E-state index is 12.9. The molecule has 0 spiro atoms. The molecular formula is C21H15Cl2N5O3S2. The van der Waals surface area contributed by atoms with Crippen LogP contribution < -0.4 is 10.6 Å². The topological polar surface area (TPSA) is 110 Å². The molecule has 0 aliphatic heterocycles. The van der Waals surface area contributed by atoms with Crippen molar-refractivity contribution in [3.63, 3.8) is 0 Å². The van der Waals surface area contributed by atoms with Gasteiger partial charge in [0.15, 0.2) is 4.34 Å². The molecule has 0 radical (unpaired) electrons. The summed E-state index contributed by atoms with van der Waals surface area (Å²) in [6.07, 6.45) is 0. The van der Waals surface area contributed by atoms with Gasteiger partial charge in [-0.3, -0.25) is 14.9 Å². The second kappa shape index (κ2) is 10.3. The monoisotopic (exact) mass is 519 g/mol. The van der Waals surface area contributed by atoms with E-state index < -0.39 is 5.91 Å². The van der Waals surface area contributed by atoms with Crippen LogP contribution in [0.4, 0.5) is 10.8 Å². The van der Waals surface area contributed by atoms with Crippen LogP contribution in [-0.4, -0.2) is 32.9 Å². The van der Waals surface area contributed by atoms with Crippen LogP contribution in [0.5, 0.6) is 0 Å². The second-order valence-electron chi connectivity index (χ2n) is 6.62. The predicted molar refractivity (Wildman–Crippen MR) is 130 cm³/mol. The normalized spacial score (nSPS) is 10.8. The van der Waals surface area contributed by atoms with E-state index in [-0.39, 0.29) is 22.4 Å². The van der Waals surface area contributed by atoms with E-state index in [0.29, 0.717) is 37.1 Å². The lowest BCUT2D eigenvalue weighted by Crippen LogP contribution is -2.13. The van der Waals surface area contributed by atoms with Crippen LogP contribution in [0.3, 0.4) is 0 Å². The van der Waals surface area contributed by atoms with Gasteiger partial charge in [-0.2, -0.15) is 0 Å². The van der Waals surface area contributed by atoms with E-state index in [1.54, 1.807) is 55.5 Å². The third-order valence-electron chi connectivity index (χ3n) is 4.28. The number of hydrogen-bond acceptors (Lipinski definition) is 8. The van der Waals surface area contributed by atoms with Crippen molar-refractivity contribution in [3.8, 4) is 11.3 Å². The summed E-state index contributed by atoms with van der Waals surface area (Å²) in [7, 11) is 0. The number of carbonyl (C=O) groups excluding carboxylic acids is 2. The minimum Gasteiger partial charge on any atom is -0.360 e. The molecule has 33 heavy (non-hydrogen) atoms. The number of amides is 2. The predicted octanol–water partition coefficient (Wildman–Crippen LogP) is 5.79.